The molecular formula is C15H24ClN3O. The van der Waals surface area contributed by atoms with Crippen molar-refractivity contribution in [3.63, 3.8) is 0 Å². The summed E-state index contributed by atoms with van der Waals surface area (Å²) in [5.41, 5.74) is 0.869. The zero-order chi connectivity index (χ0) is 14.6. The minimum absolute atomic E-state index is 0.190. The fraction of sp³-hybridized carbons (Fsp3) is 0.733. The van der Waals surface area contributed by atoms with Gasteiger partial charge in [-0.05, 0) is 31.1 Å². The first-order chi connectivity index (χ1) is 9.62. The molecule has 0 saturated heterocycles. The molecule has 1 aromatic rings. The lowest BCUT2D eigenvalue weighted by molar-refractivity contribution is 0.145. The molecule has 1 aromatic heterocycles. The number of hydrogen-bond donors (Lipinski definition) is 1. The van der Waals surface area contributed by atoms with Crippen LogP contribution in [0.3, 0.4) is 0 Å². The van der Waals surface area contributed by atoms with Crippen LogP contribution in [0.25, 0.3) is 0 Å². The maximum atomic E-state index is 12.1. The van der Waals surface area contributed by atoms with Crippen LogP contribution in [-0.2, 0) is 6.54 Å². The Morgan fingerprint density at radius 1 is 1.45 bits per heavy atom. The summed E-state index contributed by atoms with van der Waals surface area (Å²) in [6.07, 6.45) is 8.64. The molecule has 5 heteroatoms. The molecule has 1 aliphatic carbocycles. The van der Waals surface area contributed by atoms with E-state index in [-0.39, 0.29) is 10.6 Å². The van der Waals surface area contributed by atoms with Gasteiger partial charge < -0.3 is 5.32 Å². The van der Waals surface area contributed by atoms with E-state index in [1.54, 1.807) is 6.20 Å². The summed E-state index contributed by atoms with van der Waals surface area (Å²) < 4.78 is 1.45. The van der Waals surface area contributed by atoms with Crippen LogP contribution in [0, 0.1) is 5.41 Å². The van der Waals surface area contributed by atoms with Crippen LogP contribution in [0.15, 0.2) is 11.0 Å². The number of aryl methyl sites for hydroxylation is 1. The van der Waals surface area contributed by atoms with Crippen LogP contribution in [0.4, 0.5) is 5.69 Å². The minimum atomic E-state index is -0.190. The molecule has 0 amide bonds. The smallest absolute Gasteiger partial charge is 0.287 e. The zero-order valence-electron chi connectivity index (χ0n) is 12.4. The van der Waals surface area contributed by atoms with Crippen LogP contribution >= 0.6 is 11.6 Å². The summed E-state index contributed by atoms with van der Waals surface area (Å²) in [5, 5.41) is 7.79. The lowest BCUT2D eigenvalue weighted by atomic mass is 9.67. The average molecular weight is 298 g/mol. The Hall–Kier alpha value is -1.03. The third-order valence-electron chi connectivity index (χ3n) is 4.53. The highest BCUT2D eigenvalue weighted by Gasteiger charge is 2.34. The molecule has 20 heavy (non-hydrogen) atoms. The highest BCUT2D eigenvalue weighted by molar-refractivity contribution is 6.32. The van der Waals surface area contributed by atoms with E-state index in [9.17, 15) is 4.79 Å². The summed E-state index contributed by atoms with van der Waals surface area (Å²) in [6, 6.07) is 0. The fourth-order valence-electron chi connectivity index (χ4n) is 2.67. The molecular weight excluding hydrogens is 274 g/mol. The van der Waals surface area contributed by atoms with E-state index in [0.717, 1.165) is 19.4 Å². The molecule has 1 saturated carbocycles. The highest BCUT2D eigenvalue weighted by atomic mass is 35.5. The number of halogens is 1. The second-order valence-corrected chi connectivity index (χ2v) is 6.19. The second-order valence-electron chi connectivity index (χ2n) is 5.81. The Balaban J connectivity index is 2.05. The van der Waals surface area contributed by atoms with Crippen LogP contribution in [0.5, 0.6) is 0 Å². The van der Waals surface area contributed by atoms with E-state index in [0.29, 0.717) is 17.6 Å². The molecule has 0 atom stereocenters. The summed E-state index contributed by atoms with van der Waals surface area (Å²) in [4.78, 5) is 12.1. The van der Waals surface area contributed by atoms with Gasteiger partial charge in [0.05, 0.1) is 11.9 Å². The predicted molar refractivity (Wildman–Crippen MR) is 83.5 cm³/mol. The standard InChI is InChI=1S/C15H24ClN3O/c1-3-5-9-19-14(20)13(16)12(10-18-19)17-11-15(4-2)7-6-8-15/h10,17H,3-9,11H2,1-2H3. The molecule has 0 spiro atoms. The summed E-state index contributed by atoms with van der Waals surface area (Å²) in [5.74, 6) is 0. The SMILES string of the molecule is CCCCn1ncc(NCC2(CC)CCC2)c(Cl)c1=O. The van der Waals surface area contributed by atoms with Crippen molar-refractivity contribution < 1.29 is 0 Å². The number of unbranched alkanes of at least 4 members (excludes halogenated alkanes) is 1. The van der Waals surface area contributed by atoms with E-state index in [1.807, 2.05) is 0 Å². The Labute approximate surface area is 125 Å². The Bertz CT molecular complexity index is 503. The Morgan fingerprint density at radius 2 is 2.20 bits per heavy atom. The van der Waals surface area contributed by atoms with Crippen LogP contribution in [-0.4, -0.2) is 16.3 Å². The van der Waals surface area contributed by atoms with Crippen molar-refractivity contribution in [3.05, 3.63) is 21.6 Å². The van der Waals surface area contributed by atoms with Crippen molar-refractivity contribution in [3.8, 4) is 0 Å². The molecule has 1 aliphatic rings. The van der Waals surface area contributed by atoms with Gasteiger partial charge in [0.1, 0.15) is 5.02 Å². The van der Waals surface area contributed by atoms with Gasteiger partial charge in [-0.15, -0.1) is 0 Å². The third-order valence-corrected chi connectivity index (χ3v) is 4.89. The summed E-state index contributed by atoms with van der Waals surface area (Å²) >= 11 is 6.17. The quantitative estimate of drug-likeness (QED) is 0.835. The fourth-order valence-corrected chi connectivity index (χ4v) is 2.88. The second kappa shape index (κ2) is 6.61. The molecule has 4 nitrogen and oxygen atoms in total. The van der Waals surface area contributed by atoms with Crippen LogP contribution in [0.2, 0.25) is 5.02 Å². The number of rotatable bonds is 7. The van der Waals surface area contributed by atoms with Crippen LogP contribution < -0.4 is 10.9 Å². The number of anilines is 1. The average Bonchev–Trinajstić information content (AvgIpc) is 2.41. The lowest BCUT2D eigenvalue weighted by Gasteiger charge is -2.41. The molecule has 0 bridgehead atoms. The molecule has 2 rings (SSSR count). The number of aromatic nitrogens is 2. The van der Waals surface area contributed by atoms with Crippen molar-refractivity contribution in [2.45, 2.75) is 58.9 Å². The molecule has 0 radical (unpaired) electrons. The monoisotopic (exact) mass is 297 g/mol. The Kier molecular flexibility index (Phi) is 5.08. The first kappa shape index (κ1) is 15.4. The van der Waals surface area contributed by atoms with Gasteiger partial charge in [-0.25, -0.2) is 4.68 Å². The molecule has 1 N–H and O–H groups in total. The molecule has 0 aliphatic heterocycles. The van der Waals surface area contributed by atoms with Gasteiger partial charge in [0, 0.05) is 13.1 Å². The van der Waals surface area contributed by atoms with Gasteiger partial charge in [-0.2, -0.15) is 5.10 Å². The molecule has 0 aromatic carbocycles. The van der Waals surface area contributed by atoms with E-state index >= 15 is 0 Å². The van der Waals surface area contributed by atoms with E-state index in [4.69, 9.17) is 11.6 Å². The normalized spacial score (nSPS) is 16.8. The number of nitrogens with one attached hydrogen (secondary N) is 1. The minimum Gasteiger partial charge on any atom is -0.382 e. The van der Waals surface area contributed by atoms with E-state index in [2.05, 4.69) is 24.3 Å². The van der Waals surface area contributed by atoms with Gasteiger partial charge in [0.15, 0.2) is 0 Å². The van der Waals surface area contributed by atoms with E-state index in [1.165, 1.54) is 30.4 Å². The topological polar surface area (TPSA) is 46.9 Å². The third kappa shape index (κ3) is 3.17. The van der Waals surface area contributed by atoms with Gasteiger partial charge in [0.25, 0.3) is 5.56 Å². The molecule has 1 heterocycles. The van der Waals surface area contributed by atoms with Crippen molar-refractivity contribution in [1.82, 2.24) is 9.78 Å². The first-order valence-electron chi connectivity index (χ1n) is 7.61. The van der Waals surface area contributed by atoms with Gasteiger partial charge in [-0.1, -0.05) is 38.3 Å². The van der Waals surface area contributed by atoms with Crippen molar-refractivity contribution >= 4 is 17.3 Å². The van der Waals surface area contributed by atoms with Gasteiger partial charge >= 0.3 is 0 Å². The number of hydrogen-bond acceptors (Lipinski definition) is 3. The van der Waals surface area contributed by atoms with E-state index < -0.39 is 0 Å². The van der Waals surface area contributed by atoms with Crippen LogP contribution in [0.1, 0.15) is 52.4 Å². The van der Waals surface area contributed by atoms with Crippen molar-refractivity contribution in [1.29, 1.82) is 0 Å². The summed E-state index contributed by atoms with van der Waals surface area (Å²) in [6.45, 7) is 5.83. The van der Waals surface area contributed by atoms with Crippen molar-refractivity contribution in [2.24, 2.45) is 5.41 Å². The Morgan fingerprint density at radius 3 is 2.75 bits per heavy atom. The summed E-state index contributed by atoms with van der Waals surface area (Å²) in [7, 11) is 0. The predicted octanol–water partition coefficient (Wildman–Crippen LogP) is 3.69. The highest BCUT2D eigenvalue weighted by Crippen LogP contribution is 2.43. The largest absolute Gasteiger partial charge is 0.382 e. The molecule has 0 unspecified atom stereocenters. The maximum Gasteiger partial charge on any atom is 0.287 e. The maximum absolute atomic E-state index is 12.1. The van der Waals surface area contributed by atoms with Gasteiger partial charge in [-0.3, -0.25) is 4.79 Å². The number of nitrogens with zero attached hydrogens (tertiary/aromatic N) is 2. The zero-order valence-corrected chi connectivity index (χ0v) is 13.2. The van der Waals surface area contributed by atoms with Crippen molar-refractivity contribution in [2.75, 3.05) is 11.9 Å². The first-order valence-corrected chi connectivity index (χ1v) is 7.99. The molecule has 112 valence electrons. The van der Waals surface area contributed by atoms with Gasteiger partial charge in [0.2, 0.25) is 0 Å². The molecule has 1 fully saturated rings. The lowest BCUT2D eigenvalue weighted by Crippen LogP contribution is -2.36.